The molecule has 0 spiro atoms. The van der Waals surface area contributed by atoms with Gasteiger partial charge in [0.1, 0.15) is 5.69 Å². The first-order chi connectivity index (χ1) is 9.63. The standard InChI is InChI=1S/C14H11Br2N3S/c15-10-5-13(20-8-10)14-12(17)7-19(18-14)6-9-3-1-2-4-11(9)16/h1-5,7-8H,6,17H2. The highest BCUT2D eigenvalue weighted by Gasteiger charge is 2.11. The van der Waals surface area contributed by atoms with E-state index in [4.69, 9.17) is 5.73 Å². The maximum Gasteiger partial charge on any atom is 0.125 e. The first kappa shape index (κ1) is 13.9. The highest BCUT2D eigenvalue weighted by molar-refractivity contribution is 9.10. The molecule has 0 aliphatic rings. The van der Waals surface area contributed by atoms with Crippen molar-refractivity contribution in [2.24, 2.45) is 0 Å². The minimum absolute atomic E-state index is 0.693. The molecule has 2 aromatic heterocycles. The van der Waals surface area contributed by atoms with Gasteiger partial charge in [0, 0.05) is 20.5 Å². The van der Waals surface area contributed by atoms with Crippen LogP contribution >= 0.6 is 43.2 Å². The zero-order chi connectivity index (χ0) is 14.1. The molecule has 0 saturated carbocycles. The van der Waals surface area contributed by atoms with Crippen LogP contribution in [0.2, 0.25) is 0 Å². The lowest BCUT2D eigenvalue weighted by atomic mass is 10.2. The lowest BCUT2D eigenvalue weighted by molar-refractivity contribution is 0.688. The van der Waals surface area contributed by atoms with E-state index < -0.39 is 0 Å². The van der Waals surface area contributed by atoms with Gasteiger partial charge in [0.2, 0.25) is 0 Å². The van der Waals surface area contributed by atoms with E-state index in [1.807, 2.05) is 40.5 Å². The van der Waals surface area contributed by atoms with Gasteiger partial charge in [0.15, 0.2) is 0 Å². The van der Waals surface area contributed by atoms with Crippen molar-refractivity contribution < 1.29 is 0 Å². The summed E-state index contributed by atoms with van der Waals surface area (Å²) in [6, 6.07) is 10.2. The molecule has 102 valence electrons. The molecular formula is C14H11Br2N3S. The molecule has 6 heteroatoms. The van der Waals surface area contributed by atoms with E-state index in [1.54, 1.807) is 11.3 Å². The van der Waals surface area contributed by atoms with Crippen LogP contribution in [0.25, 0.3) is 10.6 Å². The second-order valence-electron chi connectivity index (χ2n) is 4.35. The van der Waals surface area contributed by atoms with Crippen LogP contribution in [0.5, 0.6) is 0 Å². The van der Waals surface area contributed by atoms with Crippen molar-refractivity contribution in [1.29, 1.82) is 0 Å². The number of nitrogens with two attached hydrogens (primary N) is 1. The molecule has 0 aliphatic heterocycles. The molecular weight excluding hydrogens is 402 g/mol. The number of thiophene rings is 1. The summed E-state index contributed by atoms with van der Waals surface area (Å²) in [6.45, 7) is 0.693. The average Bonchev–Trinajstić information content (AvgIpc) is 2.98. The van der Waals surface area contributed by atoms with Crippen LogP contribution in [0.4, 0.5) is 5.69 Å². The van der Waals surface area contributed by atoms with Crippen LogP contribution in [0.3, 0.4) is 0 Å². The minimum Gasteiger partial charge on any atom is -0.396 e. The van der Waals surface area contributed by atoms with Gasteiger partial charge >= 0.3 is 0 Å². The number of benzene rings is 1. The van der Waals surface area contributed by atoms with E-state index in [-0.39, 0.29) is 0 Å². The highest BCUT2D eigenvalue weighted by Crippen LogP contribution is 2.32. The average molecular weight is 413 g/mol. The lowest BCUT2D eigenvalue weighted by Crippen LogP contribution is -2.00. The fraction of sp³-hybridized carbons (Fsp3) is 0.0714. The van der Waals surface area contributed by atoms with Crippen molar-refractivity contribution in [3.05, 3.63) is 56.4 Å². The molecule has 20 heavy (non-hydrogen) atoms. The van der Waals surface area contributed by atoms with E-state index in [0.717, 1.165) is 19.5 Å². The van der Waals surface area contributed by atoms with Crippen molar-refractivity contribution in [2.75, 3.05) is 5.73 Å². The lowest BCUT2D eigenvalue weighted by Gasteiger charge is -2.03. The Morgan fingerprint density at radius 1 is 1.25 bits per heavy atom. The minimum atomic E-state index is 0.693. The molecule has 0 fully saturated rings. The predicted octanol–water partition coefficient (Wildman–Crippen LogP) is 4.77. The van der Waals surface area contributed by atoms with Gasteiger partial charge in [-0.05, 0) is 33.6 Å². The van der Waals surface area contributed by atoms with Crippen molar-refractivity contribution in [3.63, 3.8) is 0 Å². The molecule has 0 atom stereocenters. The fourth-order valence-corrected chi connectivity index (χ4v) is 3.79. The second kappa shape index (κ2) is 5.71. The smallest absolute Gasteiger partial charge is 0.125 e. The van der Waals surface area contributed by atoms with E-state index in [1.165, 1.54) is 5.56 Å². The summed E-state index contributed by atoms with van der Waals surface area (Å²) in [7, 11) is 0. The largest absolute Gasteiger partial charge is 0.396 e. The molecule has 3 nitrogen and oxygen atoms in total. The van der Waals surface area contributed by atoms with Crippen LogP contribution in [-0.2, 0) is 6.54 Å². The van der Waals surface area contributed by atoms with Crippen molar-refractivity contribution in [1.82, 2.24) is 9.78 Å². The Balaban J connectivity index is 1.91. The first-order valence-corrected chi connectivity index (χ1v) is 8.41. The van der Waals surface area contributed by atoms with Gasteiger partial charge in [-0.15, -0.1) is 11.3 Å². The summed E-state index contributed by atoms with van der Waals surface area (Å²) in [5, 5.41) is 6.62. The number of nitrogen functional groups attached to an aromatic ring is 1. The van der Waals surface area contributed by atoms with Crippen molar-refractivity contribution in [3.8, 4) is 10.6 Å². The SMILES string of the molecule is Nc1cn(Cc2ccccc2Br)nc1-c1cc(Br)cs1. The van der Waals surface area contributed by atoms with Gasteiger partial charge in [0.25, 0.3) is 0 Å². The summed E-state index contributed by atoms with van der Waals surface area (Å²) in [5.74, 6) is 0. The summed E-state index contributed by atoms with van der Waals surface area (Å²) in [5.41, 5.74) is 8.79. The van der Waals surface area contributed by atoms with E-state index >= 15 is 0 Å². The van der Waals surface area contributed by atoms with Crippen molar-refractivity contribution >= 4 is 48.9 Å². The number of nitrogens with zero attached hydrogens (tertiary/aromatic N) is 2. The van der Waals surface area contributed by atoms with Gasteiger partial charge in [0.05, 0.1) is 17.1 Å². The Hall–Kier alpha value is -1.11. The molecule has 1 aromatic carbocycles. The van der Waals surface area contributed by atoms with Crippen LogP contribution in [0, 0.1) is 0 Å². The third-order valence-corrected chi connectivity index (χ3v) is 5.35. The van der Waals surface area contributed by atoms with E-state index in [2.05, 4.69) is 43.0 Å². The Labute approximate surface area is 137 Å². The number of rotatable bonds is 3. The zero-order valence-electron chi connectivity index (χ0n) is 10.4. The monoisotopic (exact) mass is 411 g/mol. The molecule has 0 aliphatic carbocycles. The van der Waals surface area contributed by atoms with Gasteiger partial charge in [-0.2, -0.15) is 5.10 Å². The molecule has 3 rings (SSSR count). The molecule has 0 amide bonds. The molecule has 0 bridgehead atoms. The van der Waals surface area contributed by atoms with Gasteiger partial charge in [-0.25, -0.2) is 0 Å². The second-order valence-corrected chi connectivity index (χ2v) is 7.03. The maximum atomic E-state index is 6.07. The fourth-order valence-electron chi connectivity index (χ4n) is 1.95. The molecule has 0 saturated heterocycles. The van der Waals surface area contributed by atoms with E-state index in [0.29, 0.717) is 12.2 Å². The van der Waals surface area contributed by atoms with Crippen LogP contribution in [0.1, 0.15) is 5.56 Å². The van der Waals surface area contributed by atoms with Crippen LogP contribution in [-0.4, -0.2) is 9.78 Å². The Morgan fingerprint density at radius 3 is 2.75 bits per heavy atom. The Morgan fingerprint density at radius 2 is 2.05 bits per heavy atom. The van der Waals surface area contributed by atoms with Crippen LogP contribution < -0.4 is 5.73 Å². The highest BCUT2D eigenvalue weighted by atomic mass is 79.9. The van der Waals surface area contributed by atoms with Crippen LogP contribution in [0.15, 0.2) is 50.9 Å². The number of anilines is 1. The van der Waals surface area contributed by atoms with E-state index in [9.17, 15) is 0 Å². The molecule has 0 radical (unpaired) electrons. The van der Waals surface area contributed by atoms with Crippen molar-refractivity contribution in [2.45, 2.75) is 6.54 Å². The number of halogens is 2. The van der Waals surface area contributed by atoms with Gasteiger partial charge in [-0.1, -0.05) is 34.1 Å². The Kier molecular flexibility index (Phi) is 3.96. The number of hydrogen-bond donors (Lipinski definition) is 1. The topological polar surface area (TPSA) is 43.8 Å². The number of aromatic nitrogens is 2. The van der Waals surface area contributed by atoms with Gasteiger partial charge in [-0.3, -0.25) is 4.68 Å². The summed E-state index contributed by atoms with van der Waals surface area (Å²) >= 11 is 8.63. The molecule has 3 aromatic rings. The molecule has 0 unspecified atom stereocenters. The summed E-state index contributed by atoms with van der Waals surface area (Å²) < 4.78 is 4.00. The Bertz CT molecular complexity index is 748. The predicted molar refractivity (Wildman–Crippen MR) is 90.9 cm³/mol. The summed E-state index contributed by atoms with van der Waals surface area (Å²) in [4.78, 5) is 1.07. The van der Waals surface area contributed by atoms with Gasteiger partial charge < -0.3 is 5.73 Å². The number of hydrogen-bond acceptors (Lipinski definition) is 3. The molecule has 2 N–H and O–H groups in total. The normalized spacial score (nSPS) is 10.9. The maximum absolute atomic E-state index is 6.07. The third kappa shape index (κ3) is 2.82. The third-order valence-electron chi connectivity index (χ3n) is 2.88. The first-order valence-electron chi connectivity index (χ1n) is 5.94. The molecule has 2 heterocycles. The summed E-state index contributed by atoms with van der Waals surface area (Å²) in [6.07, 6.45) is 1.88. The zero-order valence-corrected chi connectivity index (χ0v) is 14.4. The quantitative estimate of drug-likeness (QED) is 0.673.